The largest absolute Gasteiger partial charge is 0.484 e. The Morgan fingerprint density at radius 1 is 1.25 bits per heavy atom. The molecule has 1 heterocycles. The summed E-state index contributed by atoms with van der Waals surface area (Å²) in [7, 11) is 0. The van der Waals surface area contributed by atoms with Crippen molar-refractivity contribution < 1.29 is 9.15 Å². The third-order valence-electron chi connectivity index (χ3n) is 2.76. The van der Waals surface area contributed by atoms with Gasteiger partial charge in [-0.3, -0.25) is 0 Å². The Hall–Kier alpha value is -1.40. The van der Waals surface area contributed by atoms with Crippen molar-refractivity contribution in [1.29, 1.82) is 0 Å². The Labute approximate surface area is 126 Å². The number of aryl methyl sites for hydroxylation is 1. The highest BCUT2D eigenvalue weighted by Crippen LogP contribution is 2.23. The third-order valence-corrected chi connectivity index (χ3v) is 3.53. The lowest BCUT2D eigenvalue weighted by atomic mass is 10.2. The van der Waals surface area contributed by atoms with Gasteiger partial charge in [0.05, 0.1) is 0 Å². The average Bonchev–Trinajstić information content (AvgIpc) is 2.93. The number of rotatable bonds is 7. The normalized spacial score (nSPS) is 10.8. The molecule has 1 aromatic heterocycles. The molecule has 0 spiro atoms. The fraction of sp³-hybridized carbons (Fsp3) is 0.429. The number of aromatic nitrogens is 2. The van der Waals surface area contributed by atoms with Crippen LogP contribution in [-0.2, 0) is 19.6 Å². The van der Waals surface area contributed by atoms with Gasteiger partial charge in [0.2, 0.25) is 5.89 Å². The Morgan fingerprint density at radius 3 is 2.75 bits per heavy atom. The summed E-state index contributed by atoms with van der Waals surface area (Å²) in [5.41, 5.74) is 1.16. The van der Waals surface area contributed by atoms with Crippen LogP contribution < -0.4 is 10.1 Å². The molecular weight excluding hydrogens is 322 g/mol. The Morgan fingerprint density at radius 2 is 2.05 bits per heavy atom. The van der Waals surface area contributed by atoms with Gasteiger partial charge in [0.25, 0.3) is 5.89 Å². The molecule has 0 atom stereocenters. The van der Waals surface area contributed by atoms with Crippen molar-refractivity contribution in [3.8, 4) is 5.75 Å². The molecule has 6 heteroatoms. The van der Waals surface area contributed by atoms with E-state index in [1.165, 1.54) is 0 Å². The van der Waals surface area contributed by atoms with Crippen LogP contribution >= 0.6 is 15.9 Å². The van der Waals surface area contributed by atoms with Gasteiger partial charge >= 0.3 is 0 Å². The predicted octanol–water partition coefficient (Wildman–Crippen LogP) is 3.08. The van der Waals surface area contributed by atoms with E-state index in [1.54, 1.807) is 0 Å². The minimum Gasteiger partial charge on any atom is -0.484 e. The second-order valence-corrected chi connectivity index (χ2v) is 5.12. The second kappa shape index (κ2) is 7.40. The first-order valence-electron chi connectivity index (χ1n) is 6.66. The van der Waals surface area contributed by atoms with E-state index in [9.17, 15) is 0 Å². The Bertz CT molecular complexity index is 557. The molecule has 5 nitrogen and oxygen atoms in total. The van der Waals surface area contributed by atoms with Crippen molar-refractivity contribution in [3.63, 3.8) is 0 Å². The van der Waals surface area contributed by atoms with E-state index in [0.29, 0.717) is 11.8 Å². The van der Waals surface area contributed by atoms with Crippen LogP contribution in [0.15, 0.2) is 27.1 Å². The quantitative estimate of drug-likeness (QED) is 0.839. The first kappa shape index (κ1) is 15.0. The van der Waals surface area contributed by atoms with E-state index in [2.05, 4.69) is 38.4 Å². The number of nitrogens with one attached hydrogen (secondary N) is 1. The molecule has 1 N–H and O–H groups in total. The van der Waals surface area contributed by atoms with Crippen molar-refractivity contribution in [1.82, 2.24) is 15.5 Å². The SMILES string of the molecule is CCNCc1cc(OCc2nnc(CC)o2)ccc1Br. The number of hydrogen-bond acceptors (Lipinski definition) is 5. The minimum atomic E-state index is 0.287. The number of hydrogen-bond donors (Lipinski definition) is 1. The number of ether oxygens (including phenoxy) is 1. The molecular formula is C14H18BrN3O2. The summed E-state index contributed by atoms with van der Waals surface area (Å²) in [4.78, 5) is 0. The van der Waals surface area contributed by atoms with Gasteiger partial charge in [-0.05, 0) is 30.3 Å². The second-order valence-electron chi connectivity index (χ2n) is 4.27. The molecule has 2 aromatic rings. The molecule has 0 bridgehead atoms. The van der Waals surface area contributed by atoms with Crippen molar-refractivity contribution in [2.24, 2.45) is 0 Å². The molecule has 0 aliphatic heterocycles. The van der Waals surface area contributed by atoms with E-state index < -0.39 is 0 Å². The van der Waals surface area contributed by atoms with Crippen molar-refractivity contribution in [2.75, 3.05) is 6.54 Å². The van der Waals surface area contributed by atoms with Crippen molar-refractivity contribution in [2.45, 2.75) is 33.4 Å². The zero-order valence-electron chi connectivity index (χ0n) is 11.6. The zero-order chi connectivity index (χ0) is 14.4. The van der Waals surface area contributed by atoms with Crippen LogP contribution in [0.2, 0.25) is 0 Å². The van der Waals surface area contributed by atoms with Gasteiger partial charge in [0, 0.05) is 17.4 Å². The van der Waals surface area contributed by atoms with Gasteiger partial charge in [-0.25, -0.2) is 0 Å². The maximum atomic E-state index is 5.68. The minimum absolute atomic E-state index is 0.287. The van der Waals surface area contributed by atoms with E-state index >= 15 is 0 Å². The van der Waals surface area contributed by atoms with E-state index in [4.69, 9.17) is 9.15 Å². The lowest BCUT2D eigenvalue weighted by molar-refractivity contribution is 0.259. The molecule has 20 heavy (non-hydrogen) atoms. The average molecular weight is 340 g/mol. The van der Waals surface area contributed by atoms with Crippen LogP contribution in [0.3, 0.4) is 0 Å². The molecule has 1 aromatic carbocycles. The molecule has 0 fully saturated rings. The standard InChI is InChI=1S/C14H18BrN3O2/c1-3-13-17-18-14(20-13)9-19-11-5-6-12(15)10(7-11)8-16-4-2/h5-7,16H,3-4,8-9H2,1-2H3. The predicted molar refractivity (Wildman–Crippen MR) is 79.5 cm³/mol. The summed E-state index contributed by atoms with van der Waals surface area (Å²) in [5.74, 6) is 1.92. The molecule has 0 aliphatic carbocycles. The monoisotopic (exact) mass is 339 g/mol. The van der Waals surface area contributed by atoms with E-state index in [-0.39, 0.29) is 6.61 Å². The fourth-order valence-electron chi connectivity index (χ4n) is 1.67. The fourth-order valence-corrected chi connectivity index (χ4v) is 2.06. The molecule has 0 saturated heterocycles. The van der Waals surface area contributed by atoms with Crippen molar-refractivity contribution >= 4 is 15.9 Å². The summed E-state index contributed by atoms with van der Waals surface area (Å²) in [6, 6.07) is 5.90. The van der Waals surface area contributed by atoms with Gasteiger partial charge in [0.15, 0.2) is 6.61 Å². The summed E-state index contributed by atoms with van der Waals surface area (Å²) >= 11 is 3.53. The van der Waals surface area contributed by atoms with Crippen LogP contribution in [0, 0.1) is 0 Å². The summed E-state index contributed by atoms with van der Waals surface area (Å²) < 4.78 is 12.2. The lowest BCUT2D eigenvalue weighted by Crippen LogP contribution is -2.12. The lowest BCUT2D eigenvalue weighted by Gasteiger charge is -2.09. The number of nitrogens with zero attached hydrogens (tertiary/aromatic N) is 2. The van der Waals surface area contributed by atoms with E-state index in [0.717, 1.165) is 35.3 Å². The zero-order valence-corrected chi connectivity index (χ0v) is 13.2. The Balaban J connectivity index is 1.98. The van der Waals surface area contributed by atoms with Gasteiger partial charge in [-0.2, -0.15) is 0 Å². The first-order valence-corrected chi connectivity index (χ1v) is 7.45. The molecule has 108 valence electrons. The molecule has 0 saturated carbocycles. The van der Waals surface area contributed by atoms with Crippen molar-refractivity contribution in [3.05, 3.63) is 40.0 Å². The first-order chi connectivity index (χ1) is 9.72. The van der Waals surface area contributed by atoms with Crippen LogP contribution in [0.25, 0.3) is 0 Å². The summed E-state index contributed by atoms with van der Waals surface area (Å²) in [5, 5.41) is 11.1. The van der Waals surface area contributed by atoms with Gasteiger partial charge in [0.1, 0.15) is 5.75 Å². The highest BCUT2D eigenvalue weighted by molar-refractivity contribution is 9.10. The topological polar surface area (TPSA) is 60.2 Å². The summed E-state index contributed by atoms with van der Waals surface area (Å²) in [6.45, 7) is 6.07. The molecule has 2 rings (SSSR count). The van der Waals surface area contributed by atoms with Gasteiger partial charge < -0.3 is 14.5 Å². The van der Waals surface area contributed by atoms with Crippen LogP contribution in [-0.4, -0.2) is 16.7 Å². The van der Waals surface area contributed by atoms with Gasteiger partial charge in [-0.15, -0.1) is 10.2 Å². The highest BCUT2D eigenvalue weighted by atomic mass is 79.9. The number of benzene rings is 1. The summed E-state index contributed by atoms with van der Waals surface area (Å²) in [6.07, 6.45) is 0.734. The van der Waals surface area contributed by atoms with E-state index in [1.807, 2.05) is 25.1 Å². The number of halogens is 1. The smallest absolute Gasteiger partial charge is 0.253 e. The van der Waals surface area contributed by atoms with Gasteiger partial charge in [-0.1, -0.05) is 29.8 Å². The molecule has 0 unspecified atom stereocenters. The Kier molecular flexibility index (Phi) is 5.55. The maximum Gasteiger partial charge on any atom is 0.253 e. The van der Waals surface area contributed by atoms with Crippen LogP contribution in [0.1, 0.15) is 31.2 Å². The third kappa shape index (κ3) is 4.05. The molecule has 0 amide bonds. The highest BCUT2D eigenvalue weighted by Gasteiger charge is 2.06. The maximum absolute atomic E-state index is 5.68. The van der Waals surface area contributed by atoms with Crippen LogP contribution in [0.5, 0.6) is 5.75 Å². The molecule has 0 radical (unpaired) electrons. The van der Waals surface area contributed by atoms with Crippen LogP contribution in [0.4, 0.5) is 0 Å². The molecule has 0 aliphatic rings.